The second kappa shape index (κ2) is 6.88. The van der Waals surface area contributed by atoms with E-state index in [-0.39, 0.29) is 18.0 Å². The van der Waals surface area contributed by atoms with Crippen LogP contribution in [0.1, 0.15) is 42.7 Å². The zero-order chi connectivity index (χ0) is 15.2. The van der Waals surface area contributed by atoms with Gasteiger partial charge in [-0.3, -0.25) is 9.78 Å². The lowest BCUT2D eigenvalue weighted by Gasteiger charge is -2.16. The number of amides is 1. The lowest BCUT2D eigenvalue weighted by Crippen LogP contribution is -2.29. The first kappa shape index (κ1) is 15.0. The topological polar surface area (TPSA) is 54.0 Å². The van der Waals surface area contributed by atoms with Crippen molar-refractivity contribution in [1.29, 1.82) is 0 Å². The lowest BCUT2D eigenvalue weighted by atomic mass is 10.1. The third kappa shape index (κ3) is 4.31. The number of anilines is 1. The first-order chi connectivity index (χ1) is 10.1. The molecule has 1 aromatic heterocycles. The summed E-state index contributed by atoms with van der Waals surface area (Å²) in [6.07, 6.45) is 3.57. The Kier molecular flexibility index (Phi) is 4.93. The molecule has 2 aromatic rings. The van der Waals surface area contributed by atoms with Crippen molar-refractivity contribution in [2.45, 2.75) is 32.9 Å². The number of rotatable bonds is 5. The van der Waals surface area contributed by atoms with E-state index in [2.05, 4.69) is 22.5 Å². The molecule has 0 aliphatic carbocycles. The highest BCUT2D eigenvalue weighted by atomic mass is 16.1. The van der Waals surface area contributed by atoms with Gasteiger partial charge in [-0.25, -0.2) is 0 Å². The van der Waals surface area contributed by atoms with Gasteiger partial charge in [0.1, 0.15) is 0 Å². The highest BCUT2D eigenvalue weighted by Crippen LogP contribution is 2.18. The number of carbonyl (C=O) groups excluding carboxylic acids is 1. The quantitative estimate of drug-likeness (QED) is 0.884. The average molecular weight is 283 g/mol. The first-order valence-electron chi connectivity index (χ1n) is 7.13. The summed E-state index contributed by atoms with van der Waals surface area (Å²) in [5.74, 6) is -0.0428. The Hall–Kier alpha value is -2.36. The number of carbonyl (C=O) groups is 1. The molecule has 0 radical (unpaired) electrons. The zero-order valence-electron chi connectivity index (χ0n) is 12.6. The number of pyridine rings is 1. The highest BCUT2D eigenvalue weighted by Gasteiger charge is 2.08. The number of nitrogens with zero attached hydrogens (tertiary/aromatic N) is 1. The molecule has 110 valence electrons. The summed E-state index contributed by atoms with van der Waals surface area (Å²) in [5, 5.41) is 6.28. The van der Waals surface area contributed by atoms with Gasteiger partial charge >= 0.3 is 0 Å². The number of benzene rings is 1. The van der Waals surface area contributed by atoms with E-state index in [1.165, 1.54) is 5.56 Å². The predicted octanol–water partition coefficient (Wildman–Crippen LogP) is 3.39. The molecule has 1 aromatic carbocycles. The van der Waals surface area contributed by atoms with Crippen molar-refractivity contribution in [3.8, 4) is 0 Å². The standard InChI is InChI=1S/C17H21N3O/c1-12(2)19-17(21)15-4-6-16(7-5-15)20-13(3)14-8-10-18-11-9-14/h4-13,20H,1-3H3,(H,19,21). The van der Waals surface area contributed by atoms with Crippen LogP contribution in [0, 0.1) is 0 Å². The van der Waals surface area contributed by atoms with E-state index in [1.807, 2.05) is 50.2 Å². The van der Waals surface area contributed by atoms with Gasteiger partial charge in [-0.1, -0.05) is 0 Å². The van der Waals surface area contributed by atoms with Crippen LogP contribution in [0.2, 0.25) is 0 Å². The van der Waals surface area contributed by atoms with Crippen molar-refractivity contribution < 1.29 is 4.79 Å². The molecule has 0 spiro atoms. The van der Waals surface area contributed by atoms with Gasteiger partial charge in [0, 0.05) is 35.7 Å². The van der Waals surface area contributed by atoms with Crippen LogP contribution in [0.15, 0.2) is 48.8 Å². The Morgan fingerprint density at radius 3 is 2.19 bits per heavy atom. The molecule has 0 fully saturated rings. The summed E-state index contributed by atoms with van der Waals surface area (Å²) in [5.41, 5.74) is 2.83. The lowest BCUT2D eigenvalue weighted by molar-refractivity contribution is 0.0943. The maximum Gasteiger partial charge on any atom is 0.251 e. The molecule has 0 aliphatic heterocycles. The number of hydrogen-bond donors (Lipinski definition) is 2. The smallest absolute Gasteiger partial charge is 0.251 e. The summed E-state index contributed by atoms with van der Waals surface area (Å²) in [6, 6.07) is 11.8. The van der Waals surface area contributed by atoms with Gasteiger partial charge < -0.3 is 10.6 Å². The third-order valence-electron chi connectivity index (χ3n) is 3.16. The molecule has 4 nitrogen and oxygen atoms in total. The molecule has 0 saturated carbocycles. The Balaban J connectivity index is 2.01. The summed E-state index contributed by atoms with van der Waals surface area (Å²) >= 11 is 0. The minimum atomic E-state index is -0.0428. The van der Waals surface area contributed by atoms with Crippen LogP contribution in [0.25, 0.3) is 0 Å². The van der Waals surface area contributed by atoms with Gasteiger partial charge in [0.05, 0.1) is 0 Å². The summed E-state index contributed by atoms with van der Waals surface area (Å²) < 4.78 is 0. The van der Waals surface area contributed by atoms with E-state index in [0.29, 0.717) is 5.56 Å². The molecule has 4 heteroatoms. The van der Waals surface area contributed by atoms with Crippen molar-refractivity contribution in [2.75, 3.05) is 5.32 Å². The summed E-state index contributed by atoms with van der Waals surface area (Å²) in [4.78, 5) is 15.9. The fraction of sp³-hybridized carbons (Fsp3) is 0.294. The van der Waals surface area contributed by atoms with Crippen molar-refractivity contribution in [3.63, 3.8) is 0 Å². The largest absolute Gasteiger partial charge is 0.379 e. The SMILES string of the molecule is CC(C)NC(=O)c1ccc(NC(C)c2ccncc2)cc1. The number of nitrogens with one attached hydrogen (secondary N) is 2. The molecule has 1 atom stereocenters. The van der Waals surface area contributed by atoms with E-state index >= 15 is 0 Å². The number of aromatic nitrogens is 1. The fourth-order valence-electron chi connectivity index (χ4n) is 2.05. The fourth-order valence-corrected chi connectivity index (χ4v) is 2.05. The molecule has 0 saturated heterocycles. The molecule has 0 bridgehead atoms. The van der Waals surface area contributed by atoms with Gasteiger partial charge in [-0.05, 0) is 62.7 Å². The van der Waals surface area contributed by atoms with E-state index in [9.17, 15) is 4.79 Å². The summed E-state index contributed by atoms with van der Waals surface area (Å²) in [7, 11) is 0. The molecule has 0 aliphatic rings. The Morgan fingerprint density at radius 2 is 1.62 bits per heavy atom. The predicted molar refractivity (Wildman–Crippen MR) is 85.3 cm³/mol. The van der Waals surface area contributed by atoms with Crippen LogP contribution >= 0.6 is 0 Å². The Morgan fingerprint density at radius 1 is 1.00 bits per heavy atom. The van der Waals surface area contributed by atoms with Crippen molar-refractivity contribution in [1.82, 2.24) is 10.3 Å². The van der Waals surface area contributed by atoms with Crippen molar-refractivity contribution >= 4 is 11.6 Å². The maximum atomic E-state index is 11.9. The molecule has 1 amide bonds. The van der Waals surface area contributed by atoms with Gasteiger partial charge in [-0.2, -0.15) is 0 Å². The number of hydrogen-bond acceptors (Lipinski definition) is 3. The average Bonchev–Trinajstić information content (AvgIpc) is 2.48. The Labute approximate surface area is 125 Å². The van der Waals surface area contributed by atoms with Crippen LogP contribution in [-0.4, -0.2) is 16.9 Å². The van der Waals surface area contributed by atoms with Gasteiger partial charge in [0.2, 0.25) is 0 Å². The molecule has 2 N–H and O–H groups in total. The van der Waals surface area contributed by atoms with Crippen molar-refractivity contribution in [3.05, 3.63) is 59.9 Å². The van der Waals surface area contributed by atoms with E-state index in [1.54, 1.807) is 12.4 Å². The first-order valence-corrected chi connectivity index (χ1v) is 7.13. The second-order valence-corrected chi connectivity index (χ2v) is 5.35. The molecular formula is C17H21N3O. The van der Waals surface area contributed by atoms with E-state index in [0.717, 1.165) is 5.69 Å². The zero-order valence-corrected chi connectivity index (χ0v) is 12.6. The van der Waals surface area contributed by atoms with Crippen LogP contribution in [0.3, 0.4) is 0 Å². The van der Waals surface area contributed by atoms with Gasteiger partial charge in [0.15, 0.2) is 0 Å². The van der Waals surface area contributed by atoms with Gasteiger partial charge in [-0.15, -0.1) is 0 Å². The molecular weight excluding hydrogens is 262 g/mol. The molecule has 1 heterocycles. The van der Waals surface area contributed by atoms with E-state index < -0.39 is 0 Å². The minimum absolute atomic E-state index is 0.0428. The van der Waals surface area contributed by atoms with Gasteiger partial charge in [0.25, 0.3) is 5.91 Å². The maximum absolute atomic E-state index is 11.9. The molecule has 21 heavy (non-hydrogen) atoms. The van der Waals surface area contributed by atoms with E-state index in [4.69, 9.17) is 0 Å². The normalized spacial score (nSPS) is 12.0. The van der Waals surface area contributed by atoms with Crippen LogP contribution in [-0.2, 0) is 0 Å². The third-order valence-corrected chi connectivity index (χ3v) is 3.16. The Bertz CT molecular complexity index is 579. The minimum Gasteiger partial charge on any atom is -0.379 e. The molecule has 2 rings (SSSR count). The monoisotopic (exact) mass is 283 g/mol. The summed E-state index contributed by atoms with van der Waals surface area (Å²) in [6.45, 7) is 5.99. The molecule has 1 unspecified atom stereocenters. The van der Waals surface area contributed by atoms with Crippen LogP contribution < -0.4 is 10.6 Å². The van der Waals surface area contributed by atoms with Crippen molar-refractivity contribution in [2.24, 2.45) is 0 Å². The van der Waals surface area contributed by atoms with Crippen LogP contribution in [0.5, 0.6) is 0 Å². The second-order valence-electron chi connectivity index (χ2n) is 5.35. The highest BCUT2D eigenvalue weighted by molar-refractivity contribution is 5.94. The van der Waals surface area contributed by atoms with Crippen LogP contribution in [0.4, 0.5) is 5.69 Å².